The molecule has 0 radical (unpaired) electrons. The Morgan fingerprint density at radius 1 is 1.57 bits per heavy atom. The van der Waals surface area contributed by atoms with Crippen LogP contribution in [-0.2, 0) is 14.8 Å². The summed E-state index contributed by atoms with van der Waals surface area (Å²) in [5.41, 5.74) is 0. The van der Waals surface area contributed by atoms with Crippen molar-refractivity contribution >= 4 is 39.2 Å². The SMILES string of the molecule is CN(CC=O)S(=O)(=O)c1ccc(Cl)s1. The summed E-state index contributed by atoms with van der Waals surface area (Å²) in [6.07, 6.45) is 0.534. The van der Waals surface area contributed by atoms with Gasteiger partial charge in [0.15, 0.2) is 0 Å². The van der Waals surface area contributed by atoms with Crippen molar-refractivity contribution in [3.05, 3.63) is 16.5 Å². The number of likely N-dealkylation sites (N-methyl/N-ethyl adjacent to an activating group) is 1. The Kier molecular flexibility index (Phi) is 3.65. The fourth-order valence-electron chi connectivity index (χ4n) is 0.793. The number of hydrogen-bond acceptors (Lipinski definition) is 4. The van der Waals surface area contributed by atoms with Gasteiger partial charge in [-0.15, -0.1) is 11.3 Å². The number of sulfonamides is 1. The predicted octanol–water partition coefficient (Wildman–Crippen LogP) is 1.22. The van der Waals surface area contributed by atoms with Gasteiger partial charge >= 0.3 is 0 Å². The zero-order chi connectivity index (χ0) is 10.8. The largest absolute Gasteiger partial charge is 0.302 e. The molecule has 0 unspecified atom stereocenters. The molecule has 0 aliphatic heterocycles. The van der Waals surface area contributed by atoms with E-state index in [0.29, 0.717) is 10.6 Å². The molecule has 1 aromatic heterocycles. The minimum absolute atomic E-state index is 0.145. The summed E-state index contributed by atoms with van der Waals surface area (Å²) in [5, 5.41) is 0. The second kappa shape index (κ2) is 4.39. The molecule has 0 saturated carbocycles. The van der Waals surface area contributed by atoms with Gasteiger partial charge in [0.2, 0.25) is 0 Å². The zero-order valence-electron chi connectivity index (χ0n) is 7.31. The molecule has 0 aliphatic carbocycles. The average molecular weight is 254 g/mol. The Morgan fingerprint density at radius 3 is 2.64 bits per heavy atom. The fraction of sp³-hybridized carbons (Fsp3) is 0.286. The quantitative estimate of drug-likeness (QED) is 0.759. The number of aldehydes is 1. The molecular weight excluding hydrogens is 246 g/mol. The molecule has 78 valence electrons. The van der Waals surface area contributed by atoms with E-state index in [9.17, 15) is 13.2 Å². The van der Waals surface area contributed by atoms with E-state index in [2.05, 4.69) is 0 Å². The van der Waals surface area contributed by atoms with Crippen molar-refractivity contribution in [1.29, 1.82) is 0 Å². The Morgan fingerprint density at radius 2 is 2.21 bits per heavy atom. The molecule has 0 aliphatic rings. The van der Waals surface area contributed by atoms with E-state index in [4.69, 9.17) is 11.6 Å². The van der Waals surface area contributed by atoms with Crippen LogP contribution in [0.2, 0.25) is 4.34 Å². The summed E-state index contributed by atoms with van der Waals surface area (Å²) >= 11 is 6.58. The Labute approximate surface area is 91.2 Å². The molecule has 0 fully saturated rings. The molecule has 1 rings (SSSR count). The summed E-state index contributed by atoms with van der Waals surface area (Å²) in [6.45, 7) is -0.155. The first-order valence-corrected chi connectivity index (χ1v) is 6.27. The van der Waals surface area contributed by atoms with Crippen LogP contribution in [0.25, 0.3) is 0 Å². The molecular formula is C7H8ClNO3S2. The van der Waals surface area contributed by atoms with Crippen LogP contribution in [0.15, 0.2) is 16.3 Å². The molecule has 0 bridgehead atoms. The summed E-state index contributed by atoms with van der Waals surface area (Å²) < 4.78 is 24.8. The molecule has 0 saturated heterocycles. The third-order valence-corrected chi connectivity index (χ3v) is 5.07. The molecule has 14 heavy (non-hydrogen) atoms. The maximum atomic E-state index is 11.7. The first-order chi connectivity index (χ1) is 6.48. The van der Waals surface area contributed by atoms with E-state index in [1.54, 1.807) is 0 Å². The fourth-order valence-corrected chi connectivity index (χ4v) is 3.58. The van der Waals surface area contributed by atoms with Crippen molar-refractivity contribution in [1.82, 2.24) is 4.31 Å². The second-order valence-corrected chi connectivity index (χ2v) is 6.50. The molecule has 4 nitrogen and oxygen atoms in total. The molecule has 1 heterocycles. The van der Waals surface area contributed by atoms with E-state index in [1.165, 1.54) is 19.2 Å². The summed E-state index contributed by atoms with van der Waals surface area (Å²) in [6, 6.07) is 2.93. The van der Waals surface area contributed by atoms with Crippen LogP contribution in [0, 0.1) is 0 Å². The monoisotopic (exact) mass is 253 g/mol. The van der Waals surface area contributed by atoms with Gasteiger partial charge in [-0.05, 0) is 12.1 Å². The lowest BCUT2D eigenvalue weighted by Crippen LogP contribution is -2.27. The number of carbonyl (C=O) groups is 1. The van der Waals surface area contributed by atoms with E-state index in [0.717, 1.165) is 15.6 Å². The lowest BCUT2D eigenvalue weighted by atomic mass is 10.7. The normalized spacial score (nSPS) is 11.9. The van der Waals surface area contributed by atoms with Crippen molar-refractivity contribution in [3.63, 3.8) is 0 Å². The predicted molar refractivity (Wildman–Crippen MR) is 55.2 cm³/mol. The summed E-state index contributed by atoms with van der Waals surface area (Å²) in [5.74, 6) is 0. The first-order valence-electron chi connectivity index (χ1n) is 3.64. The minimum atomic E-state index is -3.54. The van der Waals surface area contributed by atoms with Crippen LogP contribution in [0.5, 0.6) is 0 Å². The Balaban J connectivity index is 3.02. The van der Waals surface area contributed by atoms with Crippen molar-refractivity contribution < 1.29 is 13.2 Å². The van der Waals surface area contributed by atoms with E-state index >= 15 is 0 Å². The summed E-state index contributed by atoms with van der Waals surface area (Å²) in [7, 11) is -2.20. The molecule has 0 aromatic carbocycles. The lowest BCUT2D eigenvalue weighted by molar-refractivity contribution is -0.107. The smallest absolute Gasteiger partial charge is 0.252 e. The third kappa shape index (κ3) is 2.33. The van der Waals surface area contributed by atoms with Crippen molar-refractivity contribution in [2.24, 2.45) is 0 Å². The van der Waals surface area contributed by atoms with Gasteiger partial charge in [-0.2, -0.15) is 4.31 Å². The highest BCUT2D eigenvalue weighted by atomic mass is 35.5. The third-order valence-electron chi connectivity index (χ3n) is 1.54. The maximum Gasteiger partial charge on any atom is 0.252 e. The van der Waals surface area contributed by atoms with E-state index in [1.807, 2.05) is 0 Å². The number of halogens is 1. The highest BCUT2D eigenvalue weighted by Crippen LogP contribution is 2.27. The van der Waals surface area contributed by atoms with Gasteiger partial charge in [-0.3, -0.25) is 0 Å². The highest BCUT2D eigenvalue weighted by Gasteiger charge is 2.21. The minimum Gasteiger partial charge on any atom is -0.302 e. The highest BCUT2D eigenvalue weighted by molar-refractivity contribution is 7.91. The van der Waals surface area contributed by atoms with Gasteiger partial charge in [-0.1, -0.05) is 11.6 Å². The van der Waals surface area contributed by atoms with Gasteiger partial charge in [0.25, 0.3) is 10.0 Å². The Bertz CT molecular complexity index is 426. The lowest BCUT2D eigenvalue weighted by Gasteiger charge is -2.11. The van der Waals surface area contributed by atoms with Gasteiger partial charge in [0.05, 0.1) is 10.9 Å². The Hall–Kier alpha value is -0.430. The molecule has 1 aromatic rings. The van der Waals surface area contributed by atoms with Crippen molar-refractivity contribution in [2.45, 2.75) is 4.21 Å². The molecule has 0 spiro atoms. The van der Waals surface area contributed by atoms with E-state index in [-0.39, 0.29) is 10.8 Å². The van der Waals surface area contributed by atoms with Crippen LogP contribution < -0.4 is 0 Å². The molecule has 0 amide bonds. The number of hydrogen-bond donors (Lipinski definition) is 0. The topological polar surface area (TPSA) is 54.5 Å². The van der Waals surface area contributed by atoms with Crippen LogP contribution >= 0.6 is 22.9 Å². The van der Waals surface area contributed by atoms with Gasteiger partial charge in [-0.25, -0.2) is 8.42 Å². The second-order valence-electron chi connectivity index (χ2n) is 2.51. The molecule has 0 atom stereocenters. The molecule has 0 N–H and O–H groups in total. The standard InChI is InChI=1S/C7H8ClNO3S2/c1-9(4-5-10)14(11,12)7-3-2-6(8)13-7/h2-3,5H,4H2,1H3. The number of thiophene rings is 1. The number of carbonyl (C=O) groups excluding carboxylic acids is 1. The molecule has 7 heteroatoms. The first kappa shape index (κ1) is 11.6. The van der Waals surface area contributed by atoms with Gasteiger partial charge in [0.1, 0.15) is 10.5 Å². The van der Waals surface area contributed by atoms with Crippen LogP contribution in [0.4, 0.5) is 0 Å². The summed E-state index contributed by atoms with van der Waals surface area (Å²) in [4.78, 5) is 10.2. The van der Waals surface area contributed by atoms with Gasteiger partial charge < -0.3 is 4.79 Å². The van der Waals surface area contributed by atoms with Crippen LogP contribution in [0.3, 0.4) is 0 Å². The average Bonchev–Trinajstić information content (AvgIpc) is 2.52. The van der Waals surface area contributed by atoms with Crippen LogP contribution in [0.1, 0.15) is 0 Å². The van der Waals surface area contributed by atoms with Crippen molar-refractivity contribution in [2.75, 3.05) is 13.6 Å². The van der Waals surface area contributed by atoms with E-state index < -0.39 is 10.0 Å². The van der Waals surface area contributed by atoms with Crippen LogP contribution in [-0.4, -0.2) is 32.6 Å². The zero-order valence-corrected chi connectivity index (χ0v) is 9.69. The number of rotatable bonds is 4. The van der Waals surface area contributed by atoms with Crippen molar-refractivity contribution in [3.8, 4) is 0 Å². The maximum absolute atomic E-state index is 11.7. The van der Waals surface area contributed by atoms with Gasteiger partial charge in [0, 0.05) is 7.05 Å². The number of nitrogens with zero attached hydrogens (tertiary/aromatic N) is 1.